The number of nitrogens with one attached hydrogen (secondary N) is 1. The summed E-state index contributed by atoms with van der Waals surface area (Å²) in [5.41, 5.74) is 0. The number of hydrogen-bond acceptors (Lipinski definition) is 10. The number of aliphatic hydroxyl groups is 5. The lowest BCUT2D eigenvalue weighted by Gasteiger charge is -2.41. The maximum Gasteiger partial charge on any atom is 0.306 e. The number of esters is 1. The van der Waals surface area contributed by atoms with Crippen LogP contribution in [0.2, 0.25) is 0 Å². The zero-order valence-electron chi connectivity index (χ0n) is 48.8. The van der Waals surface area contributed by atoms with Gasteiger partial charge in [0.25, 0.3) is 0 Å². The van der Waals surface area contributed by atoms with Crippen LogP contribution in [0.3, 0.4) is 0 Å². The van der Waals surface area contributed by atoms with Gasteiger partial charge in [-0.25, -0.2) is 0 Å². The van der Waals surface area contributed by atoms with Crippen LogP contribution >= 0.6 is 0 Å². The Balaban J connectivity index is 2.72. The predicted molar refractivity (Wildman–Crippen MR) is 319 cm³/mol. The fourth-order valence-electron chi connectivity index (χ4n) is 9.08. The van der Waals surface area contributed by atoms with Crippen LogP contribution in [0.15, 0.2) is 97.2 Å². The molecule has 77 heavy (non-hydrogen) atoms. The largest absolute Gasteiger partial charge is 0.454 e. The van der Waals surface area contributed by atoms with E-state index in [0.717, 1.165) is 83.5 Å². The molecule has 1 saturated heterocycles. The molecule has 1 amide bonds. The molecule has 0 radical (unpaired) electrons. The van der Waals surface area contributed by atoms with Crippen molar-refractivity contribution < 1.29 is 49.3 Å². The van der Waals surface area contributed by atoms with E-state index in [2.05, 4.69) is 99.0 Å². The lowest BCUT2D eigenvalue weighted by Crippen LogP contribution is -2.61. The number of carbonyl (C=O) groups excluding carboxylic acids is 2. The van der Waals surface area contributed by atoms with Crippen LogP contribution in [0, 0.1) is 0 Å². The Labute approximate surface area is 469 Å². The van der Waals surface area contributed by atoms with E-state index in [1.165, 1.54) is 109 Å². The van der Waals surface area contributed by atoms with Gasteiger partial charge < -0.3 is 45.1 Å². The van der Waals surface area contributed by atoms with Crippen molar-refractivity contribution in [1.82, 2.24) is 5.32 Å². The summed E-state index contributed by atoms with van der Waals surface area (Å²) in [5, 5.41) is 56.9. The van der Waals surface area contributed by atoms with Gasteiger partial charge >= 0.3 is 5.97 Å². The summed E-state index contributed by atoms with van der Waals surface area (Å²) in [6.07, 6.45) is 60.3. The van der Waals surface area contributed by atoms with Crippen molar-refractivity contribution in [3.63, 3.8) is 0 Å². The molecule has 8 unspecified atom stereocenters. The second kappa shape index (κ2) is 53.2. The number of hydrogen-bond donors (Lipinski definition) is 6. The summed E-state index contributed by atoms with van der Waals surface area (Å²) >= 11 is 0. The Bertz CT molecular complexity index is 1620. The molecule has 0 bridgehead atoms. The molecule has 11 heteroatoms. The molecule has 442 valence electrons. The molecule has 1 rings (SSSR count). The van der Waals surface area contributed by atoms with Crippen molar-refractivity contribution in [3.8, 4) is 0 Å². The minimum atomic E-state index is -1.65. The van der Waals surface area contributed by atoms with E-state index in [9.17, 15) is 35.1 Å². The fraction of sp³-hybridized carbons (Fsp3) is 0.727. The zero-order chi connectivity index (χ0) is 56.1. The van der Waals surface area contributed by atoms with Crippen LogP contribution in [-0.2, 0) is 23.8 Å². The van der Waals surface area contributed by atoms with Gasteiger partial charge in [-0.3, -0.25) is 9.59 Å². The molecule has 0 aromatic heterocycles. The van der Waals surface area contributed by atoms with E-state index < -0.39 is 67.4 Å². The van der Waals surface area contributed by atoms with Gasteiger partial charge in [-0.15, -0.1) is 0 Å². The lowest BCUT2D eigenvalue weighted by atomic mass is 9.99. The smallest absolute Gasteiger partial charge is 0.306 e. The predicted octanol–water partition coefficient (Wildman–Crippen LogP) is 14.7. The molecule has 0 saturated carbocycles. The Morgan fingerprint density at radius 1 is 0.519 bits per heavy atom. The van der Waals surface area contributed by atoms with Crippen LogP contribution in [0.1, 0.15) is 245 Å². The third-order valence-corrected chi connectivity index (χ3v) is 14.0. The van der Waals surface area contributed by atoms with Crippen LogP contribution in [-0.4, -0.2) is 99.6 Å². The Morgan fingerprint density at radius 3 is 1.40 bits per heavy atom. The van der Waals surface area contributed by atoms with Gasteiger partial charge in [-0.2, -0.15) is 0 Å². The topological polar surface area (TPSA) is 175 Å². The van der Waals surface area contributed by atoms with E-state index >= 15 is 0 Å². The molecule has 0 aromatic carbocycles. The van der Waals surface area contributed by atoms with Gasteiger partial charge in [0.1, 0.15) is 24.4 Å². The molecule has 0 aromatic rings. The van der Waals surface area contributed by atoms with E-state index in [1.807, 2.05) is 18.2 Å². The van der Waals surface area contributed by atoms with Gasteiger partial charge in [0.05, 0.1) is 25.4 Å². The Kier molecular flexibility index (Phi) is 49.5. The average Bonchev–Trinajstić information content (AvgIpc) is 3.43. The van der Waals surface area contributed by atoms with Crippen molar-refractivity contribution in [3.05, 3.63) is 97.2 Å². The molecule has 6 N–H and O–H groups in total. The van der Waals surface area contributed by atoms with Crippen LogP contribution < -0.4 is 5.32 Å². The van der Waals surface area contributed by atoms with Gasteiger partial charge in [-0.05, 0) is 89.9 Å². The molecule has 0 aliphatic carbocycles. The monoisotopic (exact) mass is 1080 g/mol. The normalized spacial score (nSPS) is 19.7. The number of unbranched alkanes of at least 4 members (excludes halogenated alkanes) is 23. The maximum absolute atomic E-state index is 13.4. The third-order valence-electron chi connectivity index (χ3n) is 14.0. The average molecular weight is 1080 g/mol. The zero-order valence-corrected chi connectivity index (χ0v) is 48.8. The molecule has 1 fully saturated rings. The summed E-state index contributed by atoms with van der Waals surface area (Å²) in [6, 6.07) is -1.04. The van der Waals surface area contributed by atoms with E-state index in [0.29, 0.717) is 19.3 Å². The molecule has 8 atom stereocenters. The molecule has 11 nitrogen and oxygen atoms in total. The fourth-order valence-corrected chi connectivity index (χ4v) is 9.08. The molecular formula is C66H113NO10. The van der Waals surface area contributed by atoms with Crippen LogP contribution in [0.25, 0.3) is 0 Å². The molecule has 0 spiro atoms. The van der Waals surface area contributed by atoms with Crippen LogP contribution in [0.4, 0.5) is 0 Å². The Hall–Kier alpha value is -3.42. The standard InChI is InChI=1S/C66H113NO10/c1-4-7-10-13-16-19-22-24-26-28-30-32-34-36-39-42-45-48-51-54-61(71)77-64-63(73)62(72)60(55-68)76-66(64)75-56-57(58(69)52-49-46-43-40-37-21-18-15-12-9-6-3)67-65(74)59(70)53-50-47-44-41-38-35-33-31-29-27-25-23-20-17-14-11-8-5-2/h7,10,16,19,24-27,30,32,36,39,45,48-49,52,57-60,62-64,66,68-70,72-73H,4-6,8-9,11-15,17-18,20-23,28-29,31,33-35,37-38,40-44,46-47,50-51,53-56H2,1-3H3,(H,67,74)/b10-7-,19-16-,26-24-,27-25+,32-30-,39-36-,48-45-,52-49+. The summed E-state index contributed by atoms with van der Waals surface area (Å²) in [5.74, 6) is -1.29. The van der Waals surface area contributed by atoms with Crippen molar-refractivity contribution in [1.29, 1.82) is 0 Å². The summed E-state index contributed by atoms with van der Waals surface area (Å²) in [4.78, 5) is 26.5. The molecule has 1 aliphatic rings. The van der Waals surface area contributed by atoms with Crippen molar-refractivity contribution in [2.75, 3.05) is 13.2 Å². The first-order valence-electron chi connectivity index (χ1n) is 31.0. The number of allylic oxidation sites excluding steroid dienone is 15. The number of rotatable bonds is 51. The number of ether oxygens (including phenoxy) is 3. The highest BCUT2D eigenvalue weighted by atomic mass is 16.7. The first-order chi connectivity index (χ1) is 37.7. The van der Waals surface area contributed by atoms with Gasteiger partial charge in [0.15, 0.2) is 12.4 Å². The highest BCUT2D eigenvalue weighted by molar-refractivity contribution is 5.80. The minimum absolute atomic E-state index is 0.00580. The van der Waals surface area contributed by atoms with E-state index in [4.69, 9.17) is 14.2 Å². The highest BCUT2D eigenvalue weighted by Gasteiger charge is 2.47. The van der Waals surface area contributed by atoms with Crippen molar-refractivity contribution in [2.45, 2.75) is 294 Å². The Morgan fingerprint density at radius 2 is 0.935 bits per heavy atom. The van der Waals surface area contributed by atoms with Crippen molar-refractivity contribution in [2.24, 2.45) is 0 Å². The minimum Gasteiger partial charge on any atom is -0.454 e. The van der Waals surface area contributed by atoms with E-state index in [-0.39, 0.29) is 19.4 Å². The summed E-state index contributed by atoms with van der Waals surface area (Å²) in [7, 11) is 0. The number of aliphatic hydroxyl groups excluding tert-OH is 5. The van der Waals surface area contributed by atoms with E-state index in [1.54, 1.807) is 6.08 Å². The van der Waals surface area contributed by atoms with Gasteiger partial charge in [0.2, 0.25) is 5.91 Å². The van der Waals surface area contributed by atoms with Gasteiger partial charge in [-0.1, -0.05) is 246 Å². The summed E-state index contributed by atoms with van der Waals surface area (Å²) in [6.45, 7) is 5.62. The lowest BCUT2D eigenvalue weighted by molar-refractivity contribution is -0.305. The SMILES string of the molecule is CC/C=C\C/C=C\C/C=C\C/C=C\C/C=C\C/C=C\CCC(=O)OC1C(OCC(NC(=O)C(O)CCCCCCCCCC/C=C/CCCCCCCC)C(O)/C=C/CCCCCCCCCCC)OC(CO)C(O)C1O. The first kappa shape index (κ1) is 71.6. The molecular weight excluding hydrogens is 967 g/mol. The second-order valence-electron chi connectivity index (χ2n) is 21.0. The highest BCUT2D eigenvalue weighted by Crippen LogP contribution is 2.26. The maximum atomic E-state index is 13.4. The van der Waals surface area contributed by atoms with Gasteiger partial charge in [0, 0.05) is 6.42 Å². The third kappa shape index (κ3) is 41.3. The summed E-state index contributed by atoms with van der Waals surface area (Å²) < 4.78 is 17.5. The molecule has 1 aliphatic heterocycles. The molecule has 1 heterocycles. The first-order valence-corrected chi connectivity index (χ1v) is 31.0. The van der Waals surface area contributed by atoms with Crippen LogP contribution in [0.5, 0.6) is 0 Å². The van der Waals surface area contributed by atoms with Crippen molar-refractivity contribution >= 4 is 11.9 Å². The second-order valence-corrected chi connectivity index (χ2v) is 21.0. The quantitative estimate of drug-likeness (QED) is 0.0195. The number of carbonyl (C=O) groups is 2. The number of amides is 1.